The van der Waals surface area contributed by atoms with Crippen molar-refractivity contribution in [3.63, 3.8) is 0 Å². The summed E-state index contributed by atoms with van der Waals surface area (Å²) in [6, 6.07) is 11.4. The van der Waals surface area contributed by atoms with Crippen LogP contribution < -0.4 is 9.47 Å². The minimum atomic E-state index is -0.416. The lowest BCUT2D eigenvalue weighted by atomic mass is 9.93. The number of carbonyl (C=O) groups excluding carboxylic acids is 1. The van der Waals surface area contributed by atoms with Crippen LogP contribution in [0.3, 0.4) is 0 Å². The Bertz CT molecular complexity index is 1090. The quantitative estimate of drug-likeness (QED) is 0.482. The van der Waals surface area contributed by atoms with Crippen molar-refractivity contribution >= 4 is 5.91 Å². The molecule has 0 aliphatic heterocycles. The molecule has 1 heterocycles. The summed E-state index contributed by atoms with van der Waals surface area (Å²) in [5, 5.41) is 4.09. The van der Waals surface area contributed by atoms with Gasteiger partial charge in [-0.2, -0.15) is 4.98 Å². The first-order valence-electron chi connectivity index (χ1n) is 11.2. The highest BCUT2D eigenvalue weighted by Gasteiger charge is 2.27. The maximum atomic E-state index is 13.7. The van der Waals surface area contributed by atoms with Crippen LogP contribution >= 0.6 is 0 Å². The molecule has 0 unspecified atom stereocenters. The molecule has 1 saturated carbocycles. The van der Waals surface area contributed by atoms with Gasteiger partial charge in [-0.3, -0.25) is 4.79 Å². The van der Waals surface area contributed by atoms with Gasteiger partial charge < -0.3 is 18.9 Å². The molecule has 4 rings (SSSR count). The molecule has 33 heavy (non-hydrogen) atoms. The van der Waals surface area contributed by atoms with E-state index in [0.29, 0.717) is 41.7 Å². The predicted octanol–water partition coefficient (Wildman–Crippen LogP) is 4.91. The monoisotopic (exact) mass is 453 g/mol. The van der Waals surface area contributed by atoms with E-state index in [2.05, 4.69) is 10.1 Å². The molecule has 1 aliphatic rings. The van der Waals surface area contributed by atoms with Crippen LogP contribution in [0.25, 0.3) is 11.4 Å². The van der Waals surface area contributed by atoms with E-state index >= 15 is 0 Å². The Morgan fingerprint density at radius 1 is 1.09 bits per heavy atom. The van der Waals surface area contributed by atoms with E-state index in [-0.39, 0.29) is 11.9 Å². The number of aromatic nitrogens is 2. The number of carbonyl (C=O) groups is 1. The normalized spacial score (nSPS) is 14.2. The molecule has 1 amide bonds. The Kier molecular flexibility index (Phi) is 7.22. The van der Waals surface area contributed by atoms with Crippen molar-refractivity contribution in [2.75, 3.05) is 20.8 Å². The summed E-state index contributed by atoms with van der Waals surface area (Å²) in [4.78, 5) is 19.6. The van der Waals surface area contributed by atoms with Crippen molar-refractivity contribution in [2.45, 2.75) is 44.6 Å². The molecular formula is C25H28FN3O4. The molecule has 7 nitrogen and oxygen atoms in total. The molecule has 0 saturated heterocycles. The summed E-state index contributed by atoms with van der Waals surface area (Å²) in [6.07, 6.45) is 5.65. The van der Waals surface area contributed by atoms with Gasteiger partial charge in [0, 0.05) is 30.1 Å². The maximum Gasteiger partial charge on any atom is 0.254 e. The topological polar surface area (TPSA) is 77.7 Å². The van der Waals surface area contributed by atoms with Gasteiger partial charge in [0.1, 0.15) is 5.82 Å². The third kappa shape index (κ3) is 5.32. The minimum Gasteiger partial charge on any atom is -0.493 e. The Morgan fingerprint density at radius 3 is 2.61 bits per heavy atom. The fourth-order valence-electron chi connectivity index (χ4n) is 4.30. The van der Waals surface area contributed by atoms with E-state index in [9.17, 15) is 9.18 Å². The second kappa shape index (κ2) is 10.5. The smallest absolute Gasteiger partial charge is 0.254 e. The fourth-order valence-corrected chi connectivity index (χ4v) is 4.30. The average Bonchev–Trinajstić information content (AvgIpc) is 3.33. The van der Waals surface area contributed by atoms with Crippen molar-refractivity contribution in [1.29, 1.82) is 0 Å². The zero-order valence-electron chi connectivity index (χ0n) is 18.9. The highest BCUT2D eigenvalue weighted by Crippen LogP contribution is 2.31. The minimum absolute atomic E-state index is 0.128. The molecule has 0 N–H and O–H groups in total. The van der Waals surface area contributed by atoms with Gasteiger partial charge in [-0.1, -0.05) is 30.5 Å². The van der Waals surface area contributed by atoms with E-state index in [1.54, 1.807) is 38.5 Å². The molecule has 1 fully saturated rings. The zero-order chi connectivity index (χ0) is 23.2. The van der Waals surface area contributed by atoms with Gasteiger partial charge >= 0.3 is 0 Å². The number of ether oxygens (including phenoxy) is 2. The van der Waals surface area contributed by atoms with Gasteiger partial charge in [-0.05, 0) is 49.2 Å². The summed E-state index contributed by atoms with van der Waals surface area (Å²) >= 11 is 0. The number of amides is 1. The lowest BCUT2D eigenvalue weighted by Crippen LogP contribution is -2.42. The predicted molar refractivity (Wildman–Crippen MR) is 121 cm³/mol. The number of benzene rings is 2. The van der Waals surface area contributed by atoms with Crippen LogP contribution in [0.15, 0.2) is 47.0 Å². The number of hydrogen-bond donors (Lipinski definition) is 0. The summed E-state index contributed by atoms with van der Waals surface area (Å²) in [7, 11) is 3.14. The van der Waals surface area contributed by atoms with Crippen LogP contribution in [0.5, 0.6) is 11.5 Å². The highest BCUT2D eigenvalue weighted by atomic mass is 19.1. The number of hydrogen-bond acceptors (Lipinski definition) is 6. The maximum absolute atomic E-state index is 13.7. The van der Waals surface area contributed by atoms with Crippen LogP contribution in [0.1, 0.15) is 48.4 Å². The van der Waals surface area contributed by atoms with E-state index in [0.717, 1.165) is 31.2 Å². The molecular weight excluding hydrogens is 425 g/mol. The molecule has 1 aromatic heterocycles. The second-order valence-corrected chi connectivity index (χ2v) is 8.13. The zero-order valence-corrected chi connectivity index (χ0v) is 18.9. The molecule has 8 heteroatoms. The van der Waals surface area contributed by atoms with Gasteiger partial charge in [0.05, 0.1) is 14.2 Å². The van der Waals surface area contributed by atoms with Crippen molar-refractivity contribution < 1.29 is 23.2 Å². The van der Waals surface area contributed by atoms with Gasteiger partial charge in [-0.15, -0.1) is 0 Å². The van der Waals surface area contributed by atoms with E-state index < -0.39 is 5.82 Å². The summed E-state index contributed by atoms with van der Waals surface area (Å²) in [6.45, 7) is 0.424. The van der Waals surface area contributed by atoms with Crippen LogP contribution in [-0.4, -0.2) is 47.8 Å². The highest BCUT2D eigenvalue weighted by molar-refractivity contribution is 5.94. The first kappa shape index (κ1) is 22.8. The molecule has 0 bridgehead atoms. The van der Waals surface area contributed by atoms with Crippen molar-refractivity contribution in [3.8, 4) is 22.9 Å². The molecule has 2 aromatic carbocycles. The SMILES string of the molecule is COc1ccc(-c2noc(CCN(C(=O)c3cccc(F)c3)C3CCCCC3)n2)cc1OC. The standard InChI is InChI=1S/C25H28FN3O4/c1-31-21-12-11-17(16-22(21)32-2)24-27-23(33-28-24)13-14-29(20-9-4-3-5-10-20)25(30)18-7-6-8-19(26)15-18/h6-8,11-12,15-16,20H,3-5,9-10,13-14H2,1-2H3. The Labute approximate surface area is 192 Å². The largest absolute Gasteiger partial charge is 0.493 e. The Morgan fingerprint density at radius 2 is 1.88 bits per heavy atom. The third-order valence-electron chi connectivity index (χ3n) is 6.02. The Balaban J connectivity index is 1.50. The molecule has 3 aromatic rings. The summed E-state index contributed by atoms with van der Waals surface area (Å²) < 4.78 is 29.8. The molecule has 0 radical (unpaired) electrons. The molecule has 0 atom stereocenters. The lowest BCUT2D eigenvalue weighted by molar-refractivity contribution is 0.0631. The first-order valence-corrected chi connectivity index (χ1v) is 11.2. The van der Waals surface area contributed by atoms with Crippen LogP contribution in [0.4, 0.5) is 4.39 Å². The molecule has 0 spiro atoms. The number of methoxy groups -OCH3 is 2. The lowest BCUT2D eigenvalue weighted by Gasteiger charge is -2.34. The number of halogens is 1. The number of rotatable bonds is 8. The van der Waals surface area contributed by atoms with E-state index in [4.69, 9.17) is 14.0 Å². The van der Waals surface area contributed by atoms with Gasteiger partial charge in [-0.25, -0.2) is 4.39 Å². The average molecular weight is 454 g/mol. The van der Waals surface area contributed by atoms with E-state index in [1.165, 1.54) is 18.6 Å². The van der Waals surface area contributed by atoms with Crippen molar-refractivity contribution in [3.05, 3.63) is 59.7 Å². The molecule has 1 aliphatic carbocycles. The second-order valence-electron chi connectivity index (χ2n) is 8.13. The van der Waals surface area contributed by atoms with Gasteiger partial charge in [0.15, 0.2) is 11.5 Å². The van der Waals surface area contributed by atoms with Crippen molar-refractivity contribution in [2.24, 2.45) is 0 Å². The van der Waals surface area contributed by atoms with Crippen LogP contribution in [0, 0.1) is 5.82 Å². The van der Waals surface area contributed by atoms with Crippen molar-refractivity contribution in [1.82, 2.24) is 15.0 Å². The fraction of sp³-hybridized carbons (Fsp3) is 0.400. The molecule has 174 valence electrons. The first-order chi connectivity index (χ1) is 16.1. The third-order valence-corrected chi connectivity index (χ3v) is 6.02. The van der Waals surface area contributed by atoms with E-state index in [1.807, 2.05) is 11.0 Å². The van der Waals surface area contributed by atoms with Gasteiger partial charge in [0.25, 0.3) is 5.91 Å². The van der Waals surface area contributed by atoms with Gasteiger partial charge in [0.2, 0.25) is 11.7 Å². The van der Waals surface area contributed by atoms with Crippen LogP contribution in [-0.2, 0) is 6.42 Å². The van der Waals surface area contributed by atoms with Crippen LogP contribution in [0.2, 0.25) is 0 Å². The number of nitrogens with zero attached hydrogens (tertiary/aromatic N) is 3. The Hall–Kier alpha value is -3.42. The summed E-state index contributed by atoms with van der Waals surface area (Å²) in [5.74, 6) is 1.48. The summed E-state index contributed by atoms with van der Waals surface area (Å²) in [5.41, 5.74) is 1.10.